The molecule has 4 heavy (non-hydrogen) atoms. The Kier molecular flexibility index (Phi) is 360. The molecule has 0 heterocycles. The van der Waals surface area contributed by atoms with E-state index in [4.69, 9.17) is 11.8 Å². The van der Waals surface area contributed by atoms with Crippen LogP contribution in [0.2, 0.25) is 0 Å². The second-order valence-electron chi connectivity index (χ2n) is 0. The van der Waals surface area contributed by atoms with Crippen LogP contribution in [0.15, 0.2) is 0 Å². The third-order valence-electron chi connectivity index (χ3n) is 0. The first-order chi connectivity index (χ1) is 1.00. The van der Waals surface area contributed by atoms with E-state index in [9.17, 15) is 0 Å². The van der Waals surface area contributed by atoms with E-state index in [1.807, 2.05) is 0 Å². The van der Waals surface area contributed by atoms with Crippen molar-refractivity contribution in [1.29, 1.82) is 5.26 Å². The summed E-state index contributed by atoms with van der Waals surface area (Å²) in [5.74, 6) is 0. The van der Waals surface area contributed by atoms with Crippen molar-refractivity contribution in [3.8, 4) is 0 Å². The minimum Gasteiger partial charge on any atom is -0.512 e. The first kappa shape index (κ1) is 22.9. The van der Waals surface area contributed by atoms with Crippen LogP contribution in [0.25, 0.3) is 0 Å². The normalized spacial score (nSPS) is 0.500. The summed E-state index contributed by atoms with van der Waals surface area (Å²) in [6.07, 6.45) is 0. The Morgan fingerprint density at radius 2 is 1.25 bits per heavy atom. The zero-order chi connectivity index (χ0) is 2.00. The molecule has 0 N–H and O–H groups in total. The Balaban J connectivity index is -0.00000000500. The summed E-state index contributed by atoms with van der Waals surface area (Å²) >= 11 is 0. The molecule has 0 unspecified atom stereocenters. The molecular weight excluding hydrogens is 155 g/mol. The number of nitrogens with zero attached hydrogens (tertiary/aromatic N) is 1. The molecule has 0 saturated carbocycles. The van der Waals surface area contributed by atoms with E-state index in [1.165, 1.54) is 0 Å². The van der Waals surface area contributed by atoms with Crippen molar-refractivity contribution in [2.24, 2.45) is 0 Å². The van der Waals surface area contributed by atoms with Crippen LogP contribution in [0, 0.1) is 11.8 Å². The van der Waals surface area contributed by atoms with E-state index in [2.05, 4.69) is 0 Å². The molecule has 0 fully saturated rings. The quantitative estimate of drug-likeness (QED) is 0.359. The number of hydrogen-bond acceptors (Lipinski definition) is 1. The molecule has 0 aliphatic rings. The third kappa shape index (κ3) is 17.5. The van der Waals surface area contributed by atoms with Gasteiger partial charge < -0.3 is 11.8 Å². The first-order valence-electron chi connectivity index (χ1n) is 0.224. The van der Waals surface area contributed by atoms with E-state index >= 15 is 0 Å². The van der Waals surface area contributed by atoms with Crippen molar-refractivity contribution >= 4 is 0 Å². The van der Waals surface area contributed by atoms with Crippen LogP contribution in [0.3, 0.4) is 0 Å². The maximum atomic E-state index is 6.25. The topological polar surface area (TPSA) is 23.8 Å². The van der Waals surface area contributed by atoms with Crippen LogP contribution in [0.4, 0.5) is 0 Å². The Morgan fingerprint density at radius 1 is 1.25 bits per heavy atom. The van der Waals surface area contributed by atoms with Crippen molar-refractivity contribution in [3.05, 3.63) is 6.57 Å². The van der Waals surface area contributed by atoms with E-state index < -0.39 is 0 Å². The van der Waals surface area contributed by atoms with Gasteiger partial charge in [-0.1, -0.05) is 0 Å². The van der Waals surface area contributed by atoms with Gasteiger partial charge >= 0.3 is 17.1 Å². The fourth-order valence-corrected chi connectivity index (χ4v) is 0. The van der Waals surface area contributed by atoms with Crippen LogP contribution in [-0.2, 0) is 36.5 Å². The minimum atomic E-state index is 0. The van der Waals surface area contributed by atoms with Crippen molar-refractivity contribution in [2.75, 3.05) is 0 Å². The van der Waals surface area contributed by atoms with Gasteiger partial charge in [0.2, 0.25) is 0 Å². The molecule has 0 aromatic rings. The maximum Gasteiger partial charge on any atom is 1.00 e. The summed E-state index contributed by atoms with van der Waals surface area (Å²) in [5.41, 5.74) is 0. The van der Waals surface area contributed by atoms with Gasteiger partial charge in [-0.2, -0.15) is 0 Å². The van der Waals surface area contributed by atoms with E-state index in [0.29, 0.717) is 0 Å². The Bertz CT molecular complexity index is 12.8. The SMILES string of the molecule is [C-]#N.[Cu+].[Zn]. The second-order valence-corrected chi connectivity index (χ2v) is 0. The third-order valence-corrected chi connectivity index (χ3v) is 0. The van der Waals surface area contributed by atoms with Crippen molar-refractivity contribution in [1.82, 2.24) is 0 Å². The average Bonchev–Trinajstić information content (AvgIpc) is 1.00. The zero-order valence-corrected chi connectivity index (χ0v) is 5.86. The van der Waals surface area contributed by atoms with Crippen molar-refractivity contribution < 1.29 is 36.5 Å². The molecule has 3 heteroatoms. The smallest absolute Gasteiger partial charge is 0.512 e. The van der Waals surface area contributed by atoms with Gasteiger partial charge in [0.1, 0.15) is 0 Å². The molecular formula is CCuNZn. The van der Waals surface area contributed by atoms with Crippen LogP contribution in [0.5, 0.6) is 0 Å². The molecule has 0 aliphatic carbocycles. The molecule has 0 aromatic heterocycles. The first-order valence-corrected chi connectivity index (χ1v) is 0.224. The summed E-state index contributed by atoms with van der Waals surface area (Å²) in [6, 6.07) is 0. The second kappa shape index (κ2) is 62.9. The predicted molar refractivity (Wildman–Crippen MR) is 4.97 cm³/mol. The van der Waals surface area contributed by atoms with Crippen LogP contribution >= 0.6 is 0 Å². The standard InChI is InChI=1S/CN.Cu.Zn/c1-2;;/q-1;+1;. The minimum absolute atomic E-state index is 0. The van der Waals surface area contributed by atoms with Crippen LogP contribution in [-0.4, -0.2) is 0 Å². The monoisotopic (exact) mass is 153 g/mol. The summed E-state index contributed by atoms with van der Waals surface area (Å²) in [7, 11) is 0. The summed E-state index contributed by atoms with van der Waals surface area (Å²) in [4.78, 5) is 0. The van der Waals surface area contributed by atoms with Crippen molar-refractivity contribution in [3.63, 3.8) is 0 Å². The molecule has 1 nitrogen and oxygen atoms in total. The Labute approximate surface area is 48.6 Å². The van der Waals surface area contributed by atoms with E-state index in [0.717, 1.165) is 0 Å². The molecule has 0 atom stereocenters. The predicted octanol–water partition coefficient (Wildman–Crippen LogP) is 0.0914. The summed E-state index contributed by atoms with van der Waals surface area (Å²) in [5, 5.41) is 6.25. The molecule has 0 bridgehead atoms. The van der Waals surface area contributed by atoms with Crippen LogP contribution < -0.4 is 0 Å². The van der Waals surface area contributed by atoms with Gasteiger partial charge in [-0.05, 0) is 0 Å². The Morgan fingerprint density at radius 3 is 1.25 bits per heavy atom. The molecule has 0 aromatic carbocycles. The van der Waals surface area contributed by atoms with Gasteiger partial charge in [-0.15, -0.1) is 0 Å². The molecule has 0 rings (SSSR count). The molecule has 0 saturated heterocycles. The molecule has 0 spiro atoms. The fourth-order valence-electron chi connectivity index (χ4n) is 0. The van der Waals surface area contributed by atoms with Crippen molar-refractivity contribution in [2.45, 2.75) is 0 Å². The van der Waals surface area contributed by atoms with Gasteiger partial charge in [0.05, 0.1) is 0 Å². The molecule has 0 aliphatic heterocycles. The summed E-state index contributed by atoms with van der Waals surface area (Å²) < 4.78 is 0. The number of hydrogen-bond donors (Lipinski definition) is 0. The van der Waals surface area contributed by atoms with Gasteiger partial charge in [0, 0.05) is 19.5 Å². The number of rotatable bonds is 0. The van der Waals surface area contributed by atoms with E-state index in [-0.39, 0.29) is 36.5 Å². The maximum absolute atomic E-state index is 6.25. The van der Waals surface area contributed by atoms with Gasteiger partial charge in [-0.25, -0.2) is 0 Å². The fraction of sp³-hybridized carbons (Fsp3) is 0. The summed E-state index contributed by atoms with van der Waals surface area (Å²) in [6.45, 7) is 4.75. The average molecular weight is 155 g/mol. The Hall–Kier alpha value is 0.633. The van der Waals surface area contributed by atoms with Crippen LogP contribution in [0.1, 0.15) is 0 Å². The van der Waals surface area contributed by atoms with Gasteiger partial charge in [0.15, 0.2) is 0 Å². The zero-order valence-electron chi connectivity index (χ0n) is 1.96. The van der Waals surface area contributed by atoms with E-state index in [1.54, 1.807) is 0 Å². The van der Waals surface area contributed by atoms with Gasteiger partial charge in [0.25, 0.3) is 0 Å². The molecule has 0 radical (unpaired) electrons. The van der Waals surface area contributed by atoms with Gasteiger partial charge in [-0.3, -0.25) is 0 Å². The largest absolute Gasteiger partial charge is 1.00 e. The molecule has 0 amide bonds. The molecule has 22 valence electrons.